The van der Waals surface area contributed by atoms with E-state index in [1.807, 2.05) is 30.5 Å². The number of fused-ring (bicyclic) bond motifs is 6. The smallest absolute Gasteiger partial charge is 0.0701 e. The van der Waals surface area contributed by atoms with E-state index in [4.69, 9.17) is 11.6 Å². The van der Waals surface area contributed by atoms with Crippen LogP contribution in [0, 0.1) is 0 Å². The van der Waals surface area contributed by atoms with Crippen LogP contribution in [-0.4, -0.2) is 4.98 Å². The van der Waals surface area contributed by atoms with Gasteiger partial charge in [-0.1, -0.05) is 120 Å². The van der Waals surface area contributed by atoms with Crippen LogP contribution in [0.25, 0.3) is 32.4 Å². The van der Waals surface area contributed by atoms with Crippen LogP contribution >= 0.6 is 27.5 Å². The third kappa shape index (κ3) is 4.61. The van der Waals surface area contributed by atoms with Gasteiger partial charge in [-0.3, -0.25) is 4.98 Å². The largest absolute Gasteiger partial charge is 0.256 e. The molecule has 0 fully saturated rings. The number of para-hydroxylation sites is 1. The lowest BCUT2D eigenvalue weighted by molar-refractivity contribution is 0.394. The molecule has 1 atom stereocenters. The fraction of sp³-hybridized carbons (Fsp3) is 0.171. The highest BCUT2D eigenvalue weighted by Gasteiger charge is 2.35. The zero-order chi connectivity index (χ0) is 26.3. The maximum Gasteiger partial charge on any atom is 0.0701 e. The molecule has 38 heavy (non-hydrogen) atoms. The van der Waals surface area contributed by atoms with Crippen molar-refractivity contribution in [1.29, 1.82) is 0 Å². The number of hydrogen-bond donors (Lipinski definition) is 0. The van der Waals surface area contributed by atoms with Crippen molar-refractivity contribution in [3.63, 3.8) is 0 Å². The molecule has 7 rings (SSSR count). The van der Waals surface area contributed by atoms with Crippen LogP contribution in [0.1, 0.15) is 42.9 Å². The van der Waals surface area contributed by atoms with Crippen molar-refractivity contribution < 1.29 is 0 Å². The molecular formula is C35H29BrClN. The van der Waals surface area contributed by atoms with Crippen LogP contribution in [0.3, 0.4) is 0 Å². The molecule has 0 aliphatic heterocycles. The van der Waals surface area contributed by atoms with E-state index < -0.39 is 0 Å². The maximum atomic E-state index is 6.71. The van der Waals surface area contributed by atoms with E-state index in [1.54, 1.807) is 0 Å². The molecule has 0 saturated heterocycles. The fourth-order valence-electron chi connectivity index (χ4n) is 6.25. The molecule has 188 valence electrons. The molecule has 0 bridgehead atoms. The molecule has 0 spiro atoms. The van der Waals surface area contributed by atoms with E-state index in [0.29, 0.717) is 5.92 Å². The first-order chi connectivity index (χ1) is 18.4. The molecule has 1 aromatic heterocycles. The monoisotopic (exact) mass is 577 g/mol. The molecule has 1 aliphatic carbocycles. The summed E-state index contributed by atoms with van der Waals surface area (Å²) in [5, 5.41) is 7.06. The Bertz CT molecular complexity index is 1720. The van der Waals surface area contributed by atoms with Crippen LogP contribution in [0.2, 0.25) is 5.02 Å². The standard InChI is InChI=1S/C26H22BrCl.C9H7N/c1-26(2)15-17(18-7-5-6-10-23(18)27)13-16-11-12-20-19-8-3-4-9-21(19)24(28)14-22(20)25(16)26;1-2-6-9-8(4-1)5-3-7-10-9/h3-12,14,17H,13,15H2,1-2H3;1-7H. The summed E-state index contributed by atoms with van der Waals surface area (Å²) in [5.41, 5.74) is 5.48. The molecule has 0 N–H and O–H groups in total. The second-order valence-electron chi connectivity index (χ2n) is 10.8. The van der Waals surface area contributed by atoms with Crippen molar-refractivity contribution in [3.8, 4) is 0 Å². The quantitative estimate of drug-likeness (QED) is 0.177. The highest BCUT2D eigenvalue weighted by atomic mass is 79.9. The van der Waals surface area contributed by atoms with Gasteiger partial charge in [-0.15, -0.1) is 0 Å². The Morgan fingerprint density at radius 2 is 1.45 bits per heavy atom. The van der Waals surface area contributed by atoms with Gasteiger partial charge in [0.25, 0.3) is 0 Å². The van der Waals surface area contributed by atoms with Crippen LogP contribution in [0.15, 0.2) is 114 Å². The minimum atomic E-state index is 0.0822. The summed E-state index contributed by atoms with van der Waals surface area (Å²) in [7, 11) is 0. The Kier molecular flexibility index (Phi) is 6.72. The Morgan fingerprint density at radius 1 is 0.763 bits per heavy atom. The number of hydrogen-bond acceptors (Lipinski definition) is 1. The predicted octanol–water partition coefficient (Wildman–Crippen LogP) is 10.7. The lowest BCUT2D eigenvalue weighted by atomic mass is 9.65. The number of pyridine rings is 1. The van der Waals surface area contributed by atoms with Crippen molar-refractivity contribution in [2.24, 2.45) is 0 Å². The second-order valence-corrected chi connectivity index (χ2v) is 12.1. The summed E-state index contributed by atoms with van der Waals surface area (Å²) >= 11 is 10.5. The van der Waals surface area contributed by atoms with E-state index in [2.05, 4.69) is 114 Å². The molecule has 5 aromatic carbocycles. The van der Waals surface area contributed by atoms with Gasteiger partial charge in [0.1, 0.15) is 0 Å². The fourth-order valence-corrected chi connectivity index (χ4v) is 7.13. The summed E-state index contributed by atoms with van der Waals surface area (Å²) in [5.74, 6) is 0.520. The first kappa shape index (κ1) is 25.1. The van der Waals surface area contributed by atoms with E-state index in [0.717, 1.165) is 28.8 Å². The van der Waals surface area contributed by atoms with Crippen molar-refractivity contribution in [3.05, 3.63) is 136 Å². The number of nitrogens with zero attached hydrogens (tertiary/aromatic N) is 1. The van der Waals surface area contributed by atoms with Crippen LogP contribution in [0.4, 0.5) is 0 Å². The Labute approximate surface area is 237 Å². The number of aromatic nitrogens is 1. The van der Waals surface area contributed by atoms with Crippen molar-refractivity contribution >= 4 is 60.0 Å². The molecule has 1 unspecified atom stereocenters. The molecule has 0 saturated carbocycles. The van der Waals surface area contributed by atoms with Gasteiger partial charge in [-0.25, -0.2) is 0 Å². The predicted molar refractivity (Wildman–Crippen MR) is 166 cm³/mol. The normalized spacial score (nSPS) is 16.2. The number of rotatable bonds is 1. The molecule has 3 heteroatoms. The maximum absolute atomic E-state index is 6.71. The SMILES string of the molecule is CC1(C)CC(c2ccccc2Br)Cc2ccc3c(cc(Cl)c4ccccc43)c21.c1ccc2ncccc2c1. The average Bonchev–Trinajstić information content (AvgIpc) is 2.93. The van der Waals surface area contributed by atoms with Crippen LogP contribution in [0.5, 0.6) is 0 Å². The summed E-state index contributed by atoms with van der Waals surface area (Å²) in [4.78, 5) is 4.18. The third-order valence-electron chi connectivity index (χ3n) is 7.83. The number of halogens is 2. The first-order valence-electron chi connectivity index (χ1n) is 13.1. The molecule has 1 nitrogen and oxygen atoms in total. The Balaban J connectivity index is 0.000000221. The van der Waals surface area contributed by atoms with E-state index in [-0.39, 0.29) is 5.41 Å². The number of benzene rings is 5. The minimum Gasteiger partial charge on any atom is -0.256 e. The van der Waals surface area contributed by atoms with Gasteiger partial charge >= 0.3 is 0 Å². The highest BCUT2D eigenvalue weighted by molar-refractivity contribution is 9.10. The lowest BCUT2D eigenvalue weighted by Crippen LogP contribution is -2.29. The van der Waals surface area contributed by atoms with Crippen molar-refractivity contribution in [2.75, 3.05) is 0 Å². The van der Waals surface area contributed by atoms with Gasteiger partial charge in [0, 0.05) is 26.5 Å². The van der Waals surface area contributed by atoms with E-state index in [1.165, 1.54) is 42.7 Å². The zero-order valence-corrected chi connectivity index (χ0v) is 23.9. The van der Waals surface area contributed by atoms with Gasteiger partial charge < -0.3 is 0 Å². The zero-order valence-electron chi connectivity index (χ0n) is 21.6. The van der Waals surface area contributed by atoms with Gasteiger partial charge in [0.2, 0.25) is 0 Å². The Morgan fingerprint density at radius 3 is 2.26 bits per heavy atom. The molecule has 0 radical (unpaired) electrons. The second kappa shape index (κ2) is 10.2. The van der Waals surface area contributed by atoms with Gasteiger partial charge in [0.05, 0.1) is 5.52 Å². The van der Waals surface area contributed by atoms with Crippen molar-refractivity contribution in [1.82, 2.24) is 4.98 Å². The Hall–Kier alpha value is -3.20. The third-order valence-corrected chi connectivity index (χ3v) is 8.87. The summed E-state index contributed by atoms with van der Waals surface area (Å²) in [6, 6.07) is 36.1. The van der Waals surface area contributed by atoms with Gasteiger partial charge in [-0.05, 0) is 81.3 Å². The van der Waals surface area contributed by atoms with Crippen LogP contribution < -0.4 is 0 Å². The first-order valence-corrected chi connectivity index (χ1v) is 14.3. The van der Waals surface area contributed by atoms with Crippen LogP contribution in [-0.2, 0) is 11.8 Å². The summed E-state index contributed by atoms with van der Waals surface area (Å²) in [6.45, 7) is 4.77. The average molecular weight is 579 g/mol. The van der Waals surface area contributed by atoms with E-state index in [9.17, 15) is 0 Å². The lowest BCUT2D eigenvalue weighted by Gasteiger charge is -2.39. The molecule has 0 amide bonds. The van der Waals surface area contributed by atoms with Crippen molar-refractivity contribution in [2.45, 2.75) is 38.0 Å². The molecule has 1 heterocycles. The summed E-state index contributed by atoms with van der Waals surface area (Å²) in [6.07, 6.45) is 4.01. The van der Waals surface area contributed by atoms with Gasteiger partial charge in [-0.2, -0.15) is 0 Å². The highest BCUT2D eigenvalue weighted by Crippen LogP contribution is 2.48. The van der Waals surface area contributed by atoms with Gasteiger partial charge in [0.15, 0.2) is 0 Å². The summed E-state index contributed by atoms with van der Waals surface area (Å²) < 4.78 is 1.22. The topological polar surface area (TPSA) is 12.9 Å². The van der Waals surface area contributed by atoms with E-state index >= 15 is 0 Å². The molecular weight excluding hydrogens is 550 g/mol. The molecule has 6 aromatic rings. The molecule has 1 aliphatic rings. The minimum absolute atomic E-state index is 0.0822.